The van der Waals surface area contributed by atoms with E-state index in [1.54, 1.807) is 29.4 Å². The van der Waals surface area contributed by atoms with Gasteiger partial charge >= 0.3 is 0 Å². The van der Waals surface area contributed by atoms with Gasteiger partial charge in [0, 0.05) is 30.0 Å². The standard InChI is InChI=1S/C21H20ClN3O3/c22-16-5-1-4-15(12-16)21-18-7-2-8-24(18)9-10-25(21)20(27)13-19(26)23-14-17-6-3-11-28-17/h1-8,11-12,21H,9-10,13-14H2,(H,23,26)/t21-/m0/s1. The highest BCUT2D eigenvalue weighted by Crippen LogP contribution is 2.33. The van der Waals surface area contributed by atoms with Crippen LogP contribution in [0.15, 0.2) is 65.4 Å². The van der Waals surface area contributed by atoms with Gasteiger partial charge in [0.15, 0.2) is 0 Å². The maximum atomic E-state index is 13.0. The van der Waals surface area contributed by atoms with E-state index in [4.69, 9.17) is 16.0 Å². The van der Waals surface area contributed by atoms with Crippen LogP contribution in [-0.4, -0.2) is 27.8 Å². The largest absolute Gasteiger partial charge is 0.467 e. The van der Waals surface area contributed by atoms with E-state index in [1.165, 1.54) is 0 Å². The molecule has 0 spiro atoms. The van der Waals surface area contributed by atoms with Gasteiger partial charge in [-0.05, 0) is 42.0 Å². The van der Waals surface area contributed by atoms with Crippen LogP contribution in [0.5, 0.6) is 0 Å². The number of amides is 2. The Morgan fingerprint density at radius 1 is 1.14 bits per heavy atom. The summed E-state index contributed by atoms with van der Waals surface area (Å²) in [6.07, 6.45) is 3.34. The van der Waals surface area contributed by atoms with Crippen molar-refractivity contribution in [3.05, 3.63) is 83.0 Å². The monoisotopic (exact) mass is 397 g/mol. The predicted octanol–water partition coefficient (Wildman–Crippen LogP) is 3.37. The minimum Gasteiger partial charge on any atom is -0.467 e. The number of nitrogens with zero attached hydrogens (tertiary/aromatic N) is 2. The van der Waals surface area contributed by atoms with Crippen LogP contribution in [0.25, 0.3) is 0 Å². The van der Waals surface area contributed by atoms with Gasteiger partial charge in [-0.15, -0.1) is 0 Å². The van der Waals surface area contributed by atoms with E-state index in [2.05, 4.69) is 9.88 Å². The van der Waals surface area contributed by atoms with E-state index in [-0.39, 0.29) is 30.8 Å². The Bertz CT molecular complexity index is 980. The van der Waals surface area contributed by atoms with E-state index in [0.29, 0.717) is 23.9 Å². The zero-order chi connectivity index (χ0) is 19.5. The van der Waals surface area contributed by atoms with Gasteiger partial charge in [0.25, 0.3) is 0 Å². The minimum atomic E-state index is -0.327. The minimum absolute atomic E-state index is 0.210. The van der Waals surface area contributed by atoms with E-state index in [0.717, 1.165) is 11.3 Å². The Morgan fingerprint density at radius 3 is 2.82 bits per heavy atom. The quantitative estimate of drug-likeness (QED) is 0.671. The molecule has 0 aliphatic carbocycles. The van der Waals surface area contributed by atoms with Crippen molar-refractivity contribution in [2.45, 2.75) is 25.6 Å². The zero-order valence-corrected chi connectivity index (χ0v) is 15.9. The fourth-order valence-corrected chi connectivity index (χ4v) is 3.78. The van der Waals surface area contributed by atoms with Gasteiger partial charge in [-0.3, -0.25) is 9.59 Å². The predicted molar refractivity (Wildman–Crippen MR) is 105 cm³/mol. The van der Waals surface area contributed by atoms with E-state index in [9.17, 15) is 9.59 Å². The molecule has 28 heavy (non-hydrogen) atoms. The van der Waals surface area contributed by atoms with Crippen molar-refractivity contribution in [1.82, 2.24) is 14.8 Å². The van der Waals surface area contributed by atoms with Crippen LogP contribution < -0.4 is 5.32 Å². The molecule has 1 aromatic carbocycles. The summed E-state index contributed by atoms with van der Waals surface area (Å²) in [4.78, 5) is 27.0. The summed E-state index contributed by atoms with van der Waals surface area (Å²) in [5, 5.41) is 3.34. The van der Waals surface area contributed by atoms with Crippen LogP contribution in [0, 0.1) is 0 Å². The molecule has 1 N–H and O–H groups in total. The lowest BCUT2D eigenvalue weighted by atomic mass is 9.99. The summed E-state index contributed by atoms with van der Waals surface area (Å²) in [5.41, 5.74) is 1.94. The van der Waals surface area contributed by atoms with Gasteiger partial charge in [0.2, 0.25) is 11.8 Å². The zero-order valence-electron chi connectivity index (χ0n) is 15.2. The van der Waals surface area contributed by atoms with Crippen LogP contribution in [0.4, 0.5) is 0 Å². The molecule has 3 heterocycles. The van der Waals surface area contributed by atoms with Gasteiger partial charge < -0.3 is 19.2 Å². The Morgan fingerprint density at radius 2 is 2.04 bits per heavy atom. The number of furan rings is 1. The fraction of sp³-hybridized carbons (Fsp3) is 0.238. The van der Waals surface area contributed by atoms with Crippen molar-refractivity contribution in [3.8, 4) is 0 Å². The third-order valence-electron chi connectivity index (χ3n) is 4.87. The molecule has 7 heteroatoms. The van der Waals surface area contributed by atoms with Crippen molar-refractivity contribution in [2.24, 2.45) is 0 Å². The number of aromatic nitrogens is 1. The van der Waals surface area contributed by atoms with E-state index >= 15 is 0 Å². The Balaban J connectivity index is 1.51. The maximum Gasteiger partial charge on any atom is 0.232 e. The number of rotatable bonds is 5. The number of halogens is 1. The highest BCUT2D eigenvalue weighted by Gasteiger charge is 2.32. The number of nitrogens with one attached hydrogen (secondary N) is 1. The van der Waals surface area contributed by atoms with Crippen molar-refractivity contribution < 1.29 is 14.0 Å². The molecule has 2 amide bonds. The number of hydrogen-bond acceptors (Lipinski definition) is 3. The van der Waals surface area contributed by atoms with E-state index < -0.39 is 0 Å². The maximum absolute atomic E-state index is 13.0. The summed E-state index contributed by atoms with van der Waals surface area (Å²) >= 11 is 6.18. The molecular weight excluding hydrogens is 378 g/mol. The SMILES string of the molecule is O=C(CC(=O)N1CCn2cccc2[C@@H]1c1cccc(Cl)c1)NCc1ccco1. The van der Waals surface area contributed by atoms with Gasteiger partial charge in [0.1, 0.15) is 12.2 Å². The van der Waals surface area contributed by atoms with Gasteiger partial charge in [-0.1, -0.05) is 23.7 Å². The first-order valence-corrected chi connectivity index (χ1v) is 9.48. The van der Waals surface area contributed by atoms with E-state index in [1.807, 2.05) is 36.5 Å². The smallest absolute Gasteiger partial charge is 0.232 e. The Hall–Kier alpha value is -2.99. The van der Waals surface area contributed by atoms with Crippen LogP contribution in [-0.2, 0) is 22.7 Å². The van der Waals surface area contributed by atoms with Crippen molar-refractivity contribution in [3.63, 3.8) is 0 Å². The molecule has 3 aromatic rings. The lowest BCUT2D eigenvalue weighted by molar-refractivity contribution is -0.138. The molecule has 1 aliphatic rings. The molecule has 0 bridgehead atoms. The average Bonchev–Trinajstić information content (AvgIpc) is 3.37. The Labute approximate surface area is 167 Å². The number of carbonyl (C=O) groups is 2. The number of benzene rings is 1. The number of hydrogen-bond donors (Lipinski definition) is 1. The molecule has 0 radical (unpaired) electrons. The first kappa shape index (κ1) is 18.4. The van der Waals surface area contributed by atoms with Crippen molar-refractivity contribution in [1.29, 1.82) is 0 Å². The molecule has 0 saturated carbocycles. The molecule has 0 fully saturated rings. The molecule has 4 rings (SSSR count). The normalized spacial score (nSPS) is 15.9. The highest BCUT2D eigenvalue weighted by molar-refractivity contribution is 6.30. The number of fused-ring (bicyclic) bond motifs is 1. The molecule has 0 saturated heterocycles. The summed E-state index contributed by atoms with van der Waals surface area (Å²) in [5.74, 6) is 0.106. The molecule has 6 nitrogen and oxygen atoms in total. The second-order valence-corrected chi connectivity index (χ2v) is 7.14. The van der Waals surface area contributed by atoms with Gasteiger partial charge in [0.05, 0.1) is 18.8 Å². The summed E-state index contributed by atoms with van der Waals surface area (Å²) in [7, 11) is 0. The van der Waals surface area contributed by atoms with Crippen LogP contribution >= 0.6 is 11.6 Å². The lowest BCUT2D eigenvalue weighted by Crippen LogP contribution is -2.44. The summed E-state index contributed by atoms with van der Waals surface area (Å²) in [6, 6.07) is 14.7. The van der Waals surface area contributed by atoms with Crippen LogP contribution in [0.2, 0.25) is 5.02 Å². The van der Waals surface area contributed by atoms with Crippen LogP contribution in [0.1, 0.15) is 29.5 Å². The topological polar surface area (TPSA) is 67.5 Å². The third kappa shape index (κ3) is 3.82. The molecular formula is C21H20ClN3O3. The van der Waals surface area contributed by atoms with Crippen LogP contribution in [0.3, 0.4) is 0 Å². The highest BCUT2D eigenvalue weighted by atomic mass is 35.5. The fourth-order valence-electron chi connectivity index (χ4n) is 3.58. The summed E-state index contributed by atoms with van der Waals surface area (Å²) < 4.78 is 7.33. The summed E-state index contributed by atoms with van der Waals surface area (Å²) in [6.45, 7) is 1.49. The second kappa shape index (κ2) is 7.94. The van der Waals surface area contributed by atoms with Gasteiger partial charge in [-0.2, -0.15) is 0 Å². The molecule has 144 valence electrons. The first-order chi connectivity index (χ1) is 13.6. The average molecular weight is 398 g/mol. The van der Waals surface area contributed by atoms with Gasteiger partial charge in [-0.25, -0.2) is 0 Å². The first-order valence-electron chi connectivity index (χ1n) is 9.11. The third-order valence-corrected chi connectivity index (χ3v) is 5.11. The molecule has 2 aromatic heterocycles. The molecule has 0 unspecified atom stereocenters. The lowest BCUT2D eigenvalue weighted by Gasteiger charge is -2.37. The molecule has 1 atom stereocenters. The van der Waals surface area contributed by atoms with Crippen molar-refractivity contribution >= 4 is 23.4 Å². The second-order valence-electron chi connectivity index (χ2n) is 6.70. The number of carbonyl (C=O) groups excluding carboxylic acids is 2. The molecule has 1 aliphatic heterocycles. The van der Waals surface area contributed by atoms with Crippen molar-refractivity contribution in [2.75, 3.05) is 6.54 Å². The Kier molecular flexibility index (Phi) is 5.21.